The smallest absolute Gasteiger partial charge is 0.0679 e. The second-order valence-electron chi connectivity index (χ2n) is 9.88. The Hall–Kier alpha value is -2.55. The lowest BCUT2D eigenvalue weighted by atomic mass is 9.81. The summed E-state index contributed by atoms with van der Waals surface area (Å²) < 4.78 is 0. The number of hydrogen-bond acceptors (Lipinski definition) is 3. The van der Waals surface area contributed by atoms with Crippen LogP contribution in [0.1, 0.15) is 69.4 Å². The Morgan fingerprint density at radius 3 is 1.96 bits per heavy atom. The van der Waals surface area contributed by atoms with Crippen LogP contribution in [-0.2, 0) is 10.8 Å². The predicted molar refractivity (Wildman–Crippen MR) is 122 cm³/mol. The molecule has 148 valence electrons. The zero-order chi connectivity index (χ0) is 20.7. The molecule has 1 N–H and O–H groups in total. The molecule has 3 heteroatoms. The van der Waals surface area contributed by atoms with Crippen LogP contribution in [0.3, 0.4) is 0 Å². The third-order valence-corrected chi connectivity index (χ3v) is 5.15. The number of nitrogens with zero attached hydrogens (tertiary/aromatic N) is 2. The zero-order valence-corrected chi connectivity index (χ0v) is 18.5. The molecule has 0 saturated heterocycles. The third-order valence-electron chi connectivity index (χ3n) is 5.15. The fraction of sp³-hybridized carbons (Fsp3) is 0.400. The number of anilines is 1. The second-order valence-corrected chi connectivity index (χ2v) is 9.88. The lowest BCUT2D eigenvalue weighted by molar-refractivity contribution is 0.584. The van der Waals surface area contributed by atoms with Gasteiger partial charge >= 0.3 is 0 Å². The minimum Gasteiger partial charge on any atom is -0.247 e. The van der Waals surface area contributed by atoms with Gasteiger partial charge in [0, 0.05) is 11.8 Å². The summed E-state index contributed by atoms with van der Waals surface area (Å²) in [6.45, 7) is 17.8. The molecular formula is C25H33N3. The van der Waals surface area contributed by atoms with Gasteiger partial charge in [-0.15, -0.1) is 0 Å². The minimum absolute atomic E-state index is 0.0415. The number of rotatable bonds is 2. The van der Waals surface area contributed by atoms with E-state index in [0.29, 0.717) is 0 Å². The van der Waals surface area contributed by atoms with Gasteiger partial charge in [0.25, 0.3) is 0 Å². The monoisotopic (exact) mass is 375 g/mol. The first-order valence-electron chi connectivity index (χ1n) is 9.99. The van der Waals surface area contributed by atoms with E-state index in [0.717, 1.165) is 11.3 Å². The first-order valence-corrected chi connectivity index (χ1v) is 9.99. The van der Waals surface area contributed by atoms with E-state index >= 15 is 0 Å². The van der Waals surface area contributed by atoms with Crippen LogP contribution in [0.2, 0.25) is 0 Å². The summed E-state index contributed by atoms with van der Waals surface area (Å²) in [4.78, 5) is 0. The zero-order valence-electron chi connectivity index (χ0n) is 18.5. The maximum Gasteiger partial charge on any atom is 0.0679 e. The van der Waals surface area contributed by atoms with Crippen LogP contribution in [-0.4, -0.2) is 6.21 Å². The van der Waals surface area contributed by atoms with E-state index in [-0.39, 0.29) is 10.8 Å². The number of hydrogen-bond donors (Lipinski definition) is 1. The van der Waals surface area contributed by atoms with Crippen molar-refractivity contribution in [3.8, 4) is 0 Å². The molecule has 2 aromatic carbocycles. The lowest BCUT2D eigenvalue weighted by Gasteiger charge is -2.31. The van der Waals surface area contributed by atoms with Crippen molar-refractivity contribution in [2.24, 2.45) is 5.10 Å². The third kappa shape index (κ3) is 4.14. The van der Waals surface area contributed by atoms with Gasteiger partial charge in [0.2, 0.25) is 0 Å². The van der Waals surface area contributed by atoms with Crippen LogP contribution >= 0.6 is 0 Å². The SMILES string of the molecule is Cc1ccc(C(C)(C)C)c(C2=CN(c3cc(C)ccc3C(C)(C)C)NN=C2)c1. The van der Waals surface area contributed by atoms with Crippen molar-refractivity contribution in [2.45, 2.75) is 66.2 Å². The first kappa shape index (κ1) is 20.2. The molecule has 0 aromatic heterocycles. The van der Waals surface area contributed by atoms with Crippen molar-refractivity contribution in [2.75, 3.05) is 5.01 Å². The number of hydrazine groups is 1. The summed E-state index contributed by atoms with van der Waals surface area (Å²) in [6.07, 6.45) is 4.09. The van der Waals surface area contributed by atoms with Crippen molar-refractivity contribution < 1.29 is 0 Å². The summed E-state index contributed by atoms with van der Waals surface area (Å²) >= 11 is 0. The van der Waals surface area contributed by atoms with E-state index in [4.69, 9.17) is 0 Å². The molecule has 3 rings (SSSR count). The summed E-state index contributed by atoms with van der Waals surface area (Å²) in [5.74, 6) is 0. The highest BCUT2D eigenvalue weighted by Gasteiger charge is 2.24. The standard InChI is InChI=1S/C25H33N3/c1-17-9-11-21(24(3,4)5)20(13-17)19-15-26-27-28(16-19)23-14-18(2)10-12-22(23)25(6,7)8/h9-16,27H,1-8H3. The van der Waals surface area contributed by atoms with Gasteiger partial charge in [0.15, 0.2) is 0 Å². The van der Waals surface area contributed by atoms with Crippen molar-refractivity contribution in [3.05, 3.63) is 70.4 Å². The van der Waals surface area contributed by atoms with Crippen molar-refractivity contribution >= 4 is 17.5 Å². The molecule has 3 nitrogen and oxygen atoms in total. The van der Waals surface area contributed by atoms with E-state index in [1.54, 1.807) is 0 Å². The highest BCUT2D eigenvalue weighted by molar-refractivity contribution is 6.11. The molecule has 0 atom stereocenters. The number of benzene rings is 2. The molecule has 0 amide bonds. The summed E-state index contributed by atoms with van der Waals surface area (Å²) in [5, 5.41) is 6.53. The van der Waals surface area contributed by atoms with Gasteiger partial charge < -0.3 is 0 Å². The van der Waals surface area contributed by atoms with E-state index in [2.05, 4.69) is 114 Å². The Kier molecular flexibility index (Phi) is 5.14. The Morgan fingerprint density at radius 1 is 0.786 bits per heavy atom. The molecule has 1 aliphatic rings. The van der Waals surface area contributed by atoms with Crippen molar-refractivity contribution in [1.29, 1.82) is 0 Å². The van der Waals surface area contributed by atoms with Crippen LogP contribution in [0.4, 0.5) is 5.69 Å². The Morgan fingerprint density at radius 2 is 1.36 bits per heavy atom. The second kappa shape index (κ2) is 7.12. The van der Waals surface area contributed by atoms with Gasteiger partial charge in [-0.1, -0.05) is 77.4 Å². The van der Waals surface area contributed by atoms with Crippen molar-refractivity contribution in [1.82, 2.24) is 5.53 Å². The molecule has 0 saturated carbocycles. The lowest BCUT2D eigenvalue weighted by Crippen LogP contribution is -2.34. The molecule has 28 heavy (non-hydrogen) atoms. The van der Waals surface area contributed by atoms with E-state index in [1.165, 1.54) is 27.8 Å². The van der Waals surface area contributed by atoms with Gasteiger partial charge in [-0.05, 0) is 53.0 Å². The van der Waals surface area contributed by atoms with Crippen LogP contribution in [0, 0.1) is 13.8 Å². The highest BCUT2D eigenvalue weighted by Crippen LogP contribution is 2.35. The van der Waals surface area contributed by atoms with Gasteiger partial charge in [0.1, 0.15) is 0 Å². The number of aryl methyl sites for hydroxylation is 2. The van der Waals surface area contributed by atoms with Crippen LogP contribution in [0.15, 0.2) is 47.7 Å². The fourth-order valence-electron chi connectivity index (χ4n) is 3.65. The van der Waals surface area contributed by atoms with Gasteiger partial charge in [-0.25, -0.2) is 10.5 Å². The maximum atomic E-state index is 4.48. The average Bonchev–Trinajstić information content (AvgIpc) is 2.59. The summed E-state index contributed by atoms with van der Waals surface area (Å²) in [5.41, 5.74) is 11.9. The summed E-state index contributed by atoms with van der Waals surface area (Å²) in [7, 11) is 0. The molecular weight excluding hydrogens is 342 g/mol. The minimum atomic E-state index is 0.0415. The van der Waals surface area contributed by atoms with Crippen LogP contribution in [0.5, 0.6) is 0 Å². The van der Waals surface area contributed by atoms with E-state index in [1.807, 2.05) is 6.21 Å². The number of nitrogens with one attached hydrogen (secondary N) is 1. The molecule has 1 aliphatic heterocycles. The van der Waals surface area contributed by atoms with Crippen molar-refractivity contribution in [3.63, 3.8) is 0 Å². The number of allylic oxidation sites excluding steroid dienone is 1. The fourth-order valence-corrected chi connectivity index (χ4v) is 3.65. The van der Waals surface area contributed by atoms with E-state index < -0.39 is 0 Å². The van der Waals surface area contributed by atoms with E-state index in [9.17, 15) is 0 Å². The normalized spacial score (nSPS) is 14.7. The first-order chi connectivity index (χ1) is 13.0. The highest BCUT2D eigenvalue weighted by atomic mass is 15.7. The Balaban J connectivity index is 2.13. The molecule has 0 aliphatic carbocycles. The molecule has 1 heterocycles. The average molecular weight is 376 g/mol. The molecule has 0 fully saturated rings. The Labute approximate surface area is 170 Å². The molecule has 0 spiro atoms. The molecule has 0 bridgehead atoms. The largest absolute Gasteiger partial charge is 0.247 e. The van der Waals surface area contributed by atoms with Gasteiger partial charge in [-0.3, -0.25) is 0 Å². The maximum absolute atomic E-state index is 4.48. The molecule has 0 unspecified atom stereocenters. The van der Waals surface area contributed by atoms with Crippen LogP contribution in [0.25, 0.3) is 5.57 Å². The molecule has 2 aromatic rings. The van der Waals surface area contributed by atoms with Gasteiger partial charge in [-0.2, -0.15) is 5.10 Å². The predicted octanol–water partition coefficient (Wildman–Crippen LogP) is 6.25. The van der Waals surface area contributed by atoms with Crippen LogP contribution < -0.4 is 10.5 Å². The molecule has 0 radical (unpaired) electrons. The number of hydrazone groups is 1. The Bertz CT molecular complexity index is 937. The topological polar surface area (TPSA) is 27.6 Å². The van der Waals surface area contributed by atoms with Gasteiger partial charge in [0.05, 0.1) is 11.9 Å². The summed E-state index contributed by atoms with van der Waals surface area (Å²) in [6, 6.07) is 13.3. The quantitative estimate of drug-likeness (QED) is 0.672.